The van der Waals surface area contributed by atoms with Gasteiger partial charge in [-0.3, -0.25) is 14.4 Å². The normalized spacial score (nSPS) is 16.3. The summed E-state index contributed by atoms with van der Waals surface area (Å²) in [5.74, 6) is 0.631. The number of likely N-dealkylation sites (N-methyl/N-ethyl adjacent to an activating group) is 2. The lowest BCUT2D eigenvalue weighted by Gasteiger charge is -2.27. The minimum atomic E-state index is -0.116. The molecule has 0 N–H and O–H groups in total. The molecule has 2 aromatic rings. The summed E-state index contributed by atoms with van der Waals surface area (Å²) in [6.07, 6.45) is 0.949. The van der Waals surface area contributed by atoms with Crippen LogP contribution in [0.25, 0.3) is 0 Å². The number of carbonyl (C=O) groups is 3. The van der Waals surface area contributed by atoms with Crippen LogP contribution in [-0.4, -0.2) is 61.3 Å². The number of fused-ring (bicyclic) bond motifs is 3. The standard InChI is InChI=1S/C22H25N3O4S/c1-4-29-15-7-5-14(6-8-15)11-18(26)25-10-9-16-17(12-25)30-22-20(16)21(28)23(2)13-19(27)24(22)3/h5-8H,4,9-13H2,1-3H3. The molecule has 0 saturated carbocycles. The number of hydrogen-bond donors (Lipinski definition) is 0. The molecule has 1 aromatic heterocycles. The van der Waals surface area contributed by atoms with Crippen LogP contribution in [0.3, 0.4) is 0 Å². The Morgan fingerprint density at radius 2 is 1.87 bits per heavy atom. The van der Waals surface area contributed by atoms with Gasteiger partial charge in [0.15, 0.2) is 0 Å². The average Bonchev–Trinajstić information content (AvgIpc) is 3.09. The molecule has 0 atom stereocenters. The summed E-state index contributed by atoms with van der Waals surface area (Å²) >= 11 is 1.45. The highest BCUT2D eigenvalue weighted by molar-refractivity contribution is 7.17. The van der Waals surface area contributed by atoms with Crippen LogP contribution in [0.1, 0.15) is 33.3 Å². The van der Waals surface area contributed by atoms with Gasteiger partial charge in [-0.2, -0.15) is 0 Å². The van der Waals surface area contributed by atoms with Crippen molar-refractivity contribution in [2.24, 2.45) is 0 Å². The number of amides is 3. The molecular formula is C22H25N3O4S. The van der Waals surface area contributed by atoms with Crippen molar-refractivity contribution in [2.45, 2.75) is 26.3 Å². The number of carbonyl (C=O) groups excluding carboxylic acids is 3. The molecule has 4 rings (SSSR count). The molecule has 2 aliphatic rings. The SMILES string of the molecule is CCOc1ccc(CC(=O)N2CCc3c(sc4c3C(=O)N(C)CC(=O)N4C)C2)cc1. The molecule has 0 unspecified atom stereocenters. The summed E-state index contributed by atoms with van der Waals surface area (Å²) in [5.41, 5.74) is 2.56. The number of thiophene rings is 1. The Labute approximate surface area is 179 Å². The van der Waals surface area contributed by atoms with Crippen LogP contribution in [0, 0.1) is 0 Å². The molecule has 0 fully saturated rings. The quantitative estimate of drug-likeness (QED) is 0.751. The Morgan fingerprint density at radius 1 is 1.13 bits per heavy atom. The Kier molecular flexibility index (Phi) is 5.51. The maximum atomic E-state index is 12.9. The van der Waals surface area contributed by atoms with Crippen LogP contribution >= 0.6 is 11.3 Å². The van der Waals surface area contributed by atoms with Gasteiger partial charge in [-0.15, -0.1) is 11.3 Å². The third kappa shape index (κ3) is 3.67. The smallest absolute Gasteiger partial charge is 0.257 e. The highest BCUT2D eigenvalue weighted by Crippen LogP contribution is 2.40. The minimum Gasteiger partial charge on any atom is -0.494 e. The van der Waals surface area contributed by atoms with Gasteiger partial charge >= 0.3 is 0 Å². The minimum absolute atomic E-state index is 0.0567. The number of rotatable bonds is 4. The molecule has 3 heterocycles. The molecule has 0 aliphatic carbocycles. The van der Waals surface area contributed by atoms with Crippen LogP contribution in [-0.2, 0) is 29.0 Å². The second-order valence-electron chi connectivity index (χ2n) is 7.62. The van der Waals surface area contributed by atoms with Gasteiger partial charge < -0.3 is 19.4 Å². The highest BCUT2D eigenvalue weighted by atomic mass is 32.1. The fourth-order valence-electron chi connectivity index (χ4n) is 3.90. The van der Waals surface area contributed by atoms with Crippen molar-refractivity contribution < 1.29 is 19.1 Å². The predicted octanol–water partition coefficient (Wildman–Crippen LogP) is 2.32. The van der Waals surface area contributed by atoms with Crippen molar-refractivity contribution in [3.05, 3.63) is 45.8 Å². The Morgan fingerprint density at radius 3 is 2.57 bits per heavy atom. The first-order valence-electron chi connectivity index (χ1n) is 10.0. The highest BCUT2D eigenvalue weighted by Gasteiger charge is 2.36. The summed E-state index contributed by atoms with van der Waals surface area (Å²) < 4.78 is 5.45. The Balaban J connectivity index is 1.52. The van der Waals surface area contributed by atoms with Crippen molar-refractivity contribution >= 4 is 34.1 Å². The first-order chi connectivity index (χ1) is 14.4. The van der Waals surface area contributed by atoms with Gasteiger partial charge in [0.2, 0.25) is 11.8 Å². The van der Waals surface area contributed by atoms with Crippen LogP contribution in [0.4, 0.5) is 5.00 Å². The van der Waals surface area contributed by atoms with Gasteiger partial charge in [0.25, 0.3) is 5.91 Å². The van der Waals surface area contributed by atoms with E-state index in [1.807, 2.05) is 36.1 Å². The van der Waals surface area contributed by atoms with E-state index >= 15 is 0 Å². The largest absolute Gasteiger partial charge is 0.494 e. The number of benzene rings is 1. The van der Waals surface area contributed by atoms with E-state index in [9.17, 15) is 14.4 Å². The van der Waals surface area contributed by atoms with Crippen LogP contribution < -0.4 is 9.64 Å². The van der Waals surface area contributed by atoms with Gasteiger partial charge in [-0.1, -0.05) is 12.1 Å². The summed E-state index contributed by atoms with van der Waals surface area (Å²) in [7, 11) is 3.37. The average molecular weight is 428 g/mol. The molecule has 30 heavy (non-hydrogen) atoms. The van der Waals surface area contributed by atoms with E-state index in [0.717, 1.165) is 21.8 Å². The van der Waals surface area contributed by atoms with Crippen molar-refractivity contribution in [3.63, 3.8) is 0 Å². The lowest BCUT2D eigenvalue weighted by atomic mass is 10.0. The van der Waals surface area contributed by atoms with E-state index < -0.39 is 0 Å². The van der Waals surface area contributed by atoms with Gasteiger partial charge in [0, 0.05) is 25.5 Å². The van der Waals surface area contributed by atoms with E-state index in [-0.39, 0.29) is 24.3 Å². The number of hydrogen-bond acceptors (Lipinski definition) is 5. The third-order valence-corrected chi connectivity index (χ3v) is 6.89. The molecule has 3 amide bonds. The zero-order chi connectivity index (χ0) is 21.4. The van der Waals surface area contributed by atoms with E-state index in [2.05, 4.69) is 0 Å². The molecule has 8 heteroatoms. The number of nitrogens with zero attached hydrogens (tertiary/aromatic N) is 3. The maximum Gasteiger partial charge on any atom is 0.257 e. The topological polar surface area (TPSA) is 70.2 Å². The predicted molar refractivity (Wildman–Crippen MR) is 115 cm³/mol. The molecule has 1 aromatic carbocycles. The molecule has 0 spiro atoms. The molecular weight excluding hydrogens is 402 g/mol. The van der Waals surface area contributed by atoms with E-state index in [1.165, 1.54) is 16.2 Å². The van der Waals surface area contributed by atoms with Crippen LogP contribution in [0.5, 0.6) is 5.75 Å². The second kappa shape index (κ2) is 8.10. The Hall–Kier alpha value is -2.87. The van der Waals surface area contributed by atoms with Crippen molar-refractivity contribution in [3.8, 4) is 5.75 Å². The lowest BCUT2D eigenvalue weighted by Crippen LogP contribution is -2.37. The van der Waals surface area contributed by atoms with Gasteiger partial charge in [0.05, 0.1) is 25.1 Å². The van der Waals surface area contributed by atoms with Gasteiger partial charge in [-0.05, 0) is 36.6 Å². The fourth-order valence-corrected chi connectivity index (χ4v) is 5.23. The number of anilines is 1. The van der Waals surface area contributed by atoms with Crippen LogP contribution in [0.2, 0.25) is 0 Å². The number of ether oxygens (including phenoxy) is 1. The van der Waals surface area contributed by atoms with E-state index in [1.54, 1.807) is 19.0 Å². The second-order valence-corrected chi connectivity index (χ2v) is 8.70. The summed E-state index contributed by atoms with van der Waals surface area (Å²) in [4.78, 5) is 44.0. The summed E-state index contributed by atoms with van der Waals surface area (Å²) in [6, 6.07) is 7.60. The summed E-state index contributed by atoms with van der Waals surface area (Å²) in [6.45, 7) is 3.67. The zero-order valence-electron chi connectivity index (χ0n) is 17.4. The molecule has 0 bridgehead atoms. The van der Waals surface area contributed by atoms with Gasteiger partial charge in [0.1, 0.15) is 17.3 Å². The lowest BCUT2D eigenvalue weighted by molar-refractivity contribution is -0.131. The molecule has 7 nitrogen and oxygen atoms in total. The third-order valence-electron chi connectivity index (χ3n) is 5.59. The maximum absolute atomic E-state index is 12.9. The Bertz CT molecular complexity index is 999. The molecule has 2 aliphatic heterocycles. The molecule has 0 radical (unpaired) electrons. The van der Waals surface area contributed by atoms with E-state index in [0.29, 0.717) is 43.1 Å². The van der Waals surface area contributed by atoms with Crippen molar-refractivity contribution in [2.75, 3.05) is 38.7 Å². The zero-order valence-corrected chi connectivity index (χ0v) is 18.3. The van der Waals surface area contributed by atoms with Crippen molar-refractivity contribution in [1.82, 2.24) is 9.80 Å². The van der Waals surface area contributed by atoms with Crippen LogP contribution in [0.15, 0.2) is 24.3 Å². The van der Waals surface area contributed by atoms with Crippen molar-refractivity contribution in [1.29, 1.82) is 0 Å². The first kappa shape index (κ1) is 20.4. The van der Waals surface area contributed by atoms with E-state index in [4.69, 9.17) is 4.74 Å². The fraction of sp³-hybridized carbons (Fsp3) is 0.409. The molecule has 0 saturated heterocycles. The molecule has 158 valence electrons. The van der Waals surface area contributed by atoms with Gasteiger partial charge in [-0.25, -0.2) is 0 Å². The first-order valence-corrected chi connectivity index (χ1v) is 10.9. The monoisotopic (exact) mass is 427 g/mol. The summed E-state index contributed by atoms with van der Waals surface area (Å²) in [5, 5.41) is 0.695.